The van der Waals surface area contributed by atoms with E-state index in [9.17, 15) is 0 Å². The summed E-state index contributed by atoms with van der Waals surface area (Å²) in [4.78, 5) is 2.33. The van der Waals surface area contributed by atoms with Crippen LogP contribution in [0.1, 0.15) is 38.4 Å². The summed E-state index contributed by atoms with van der Waals surface area (Å²) in [6, 6.07) is 4.41. The number of rotatable bonds is 8. The monoisotopic (exact) mass is 316 g/mol. The molecule has 3 heterocycles. The number of nitrogens with zero attached hydrogens (tertiary/aromatic N) is 7. The third-order valence-electron chi connectivity index (χ3n) is 4.22. The molecular formula is C15H24N8. The zero-order chi connectivity index (χ0) is 15.9. The van der Waals surface area contributed by atoms with Crippen molar-refractivity contribution in [1.29, 1.82) is 0 Å². The zero-order valence-corrected chi connectivity index (χ0v) is 13.6. The fourth-order valence-electron chi connectivity index (χ4n) is 2.98. The summed E-state index contributed by atoms with van der Waals surface area (Å²) in [5, 5.41) is 23.7. The van der Waals surface area contributed by atoms with Gasteiger partial charge < -0.3 is 10.2 Å². The molecule has 0 spiro atoms. The highest BCUT2D eigenvalue weighted by Crippen LogP contribution is 2.22. The van der Waals surface area contributed by atoms with E-state index in [4.69, 9.17) is 0 Å². The van der Waals surface area contributed by atoms with Crippen molar-refractivity contribution in [1.82, 2.24) is 35.7 Å². The molecule has 0 radical (unpaired) electrons. The fraction of sp³-hybridized carbons (Fsp3) is 0.667. The molecule has 1 atom stereocenters. The Morgan fingerprint density at radius 1 is 1.35 bits per heavy atom. The first-order chi connectivity index (χ1) is 11.4. The molecule has 1 aliphatic heterocycles. The Bertz CT molecular complexity index is 584. The van der Waals surface area contributed by atoms with Gasteiger partial charge in [0.15, 0.2) is 11.6 Å². The molecule has 2 aromatic rings. The average Bonchev–Trinajstić information content (AvgIpc) is 3.23. The van der Waals surface area contributed by atoms with Crippen LogP contribution in [0, 0.1) is 0 Å². The van der Waals surface area contributed by atoms with Gasteiger partial charge in [0.05, 0.1) is 6.54 Å². The number of hydrogen-bond donors (Lipinski definition) is 1. The predicted molar refractivity (Wildman–Crippen MR) is 86.8 cm³/mol. The largest absolute Gasteiger partial charge is 0.351 e. The maximum absolute atomic E-state index is 4.23. The molecule has 0 saturated carbocycles. The number of anilines is 1. The summed E-state index contributed by atoms with van der Waals surface area (Å²) in [7, 11) is 0. The molecule has 0 aromatic carbocycles. The van der Waals surface area contributed by atoms with Crippen molar-refractivity contribution in [2.24, 2.45) is 0 Å². The molecule has 8 nitrogen and oxygen atoms in total. The van der Waals surface area contributed by atoms with Crippen molar-refractivity contribution < 1.29 is 0 Å². The van der Waals surface area contributed by atoms with Crippen LogP contribution >= 0.6 is 0 Å². The molecule has 2 aromatic heterocycles. The normalized spacial score (nSPS) is 17.8. The maximum atomic E-state index is 4.23. The predicted octanol–water partition coefficient (Wildman–Crippen LogP) is 1.02. The van der Waals surface area contributed by atoms with Crippen molar-refractivity contribution in [3.05, 3.63) is 24.2 Å². The molecule has 1 aliphatic rings. The van der Waals surface area contributed by atoms with E-state index in [2.05, 4.69) is 42.9 Å². The molecule has 1 saturated heterocycles. The van der Waals surface area contributed by atoms with Gasteiger partial charge in [0.25, 0.3) is 0 Å². The maximum Gasteiger partial charge on any atom is 0.165 e. The van der Waals surface area contributed by atoms with E-state index in [0.717, 1.165) is 44.1 Å². The second kappa shape index (κ2) is 7.96. The van der Waals surface area contributed by atoms with E-state index in [0.29, 0.717) is 12.6 Å². The van der Waals surface area contributed by atoms with Crippen LogP contribution in [0.3, 0.4) is 0 Å². The molecular weight excluding hydrogens is 292 g/mol. The molecule has 23 heavy (non-hydrogen) atoms. The minimum atomic E-state index is 0.451. The van der Waals surface area contributed by atoms with Gasteiger partial charge in [0, 0.05) is 31.9 Å². The quantitative estimate of drug-likeness (QED) is 0.778. The van der Waals surface area contributed by atoms with Gasteiger partial charge in [0.1, 0.15) is 0 Å². The second-order valence-electron chi connectivity index (χ2n) is 5.87. The molecule has 0 aliphatic carbocycles. The Balaban J connectivity index is 1.51. The molecule has 8 heteroatoms. The first-order valence-corrected chi connectivity index (χ1v) is 8.38. The van der Waals surface area contributed by atoms with Crippen molar-refractivity contribution >= 4 is 5.82 Å². The standard InChI is InChI=1S/C15H24N8/c1-2-3-10-23-15(19-20-21-23)12-16-11-13-6-5-9-22(13)14-7-4-8-17-18-14/h4,7-8,13,16H,2-3,5-6,9-12H2,1H3/t13-/m0/s1. The molecule has 1 N–H and O–H groups in total. The fourth-order valence-corrected chi connectivity index (χ4v) is 2.98. The van der Waals surface area contributed by atoms with E-state index < -0.39 is 0 Å². The van der Waals surface area contributed by atoms with E-state index in [1.807, 2.05) is 16.8 Å². The smallest absolute Gasteiger partial charge is 0.165 e. The topological polar surface area (TPSA) is 84.7 Å². The molecule has 0 bridgehead atoms. The van der Waals surface area contributed by atoms with Crippen LogP contribution in [0.15, 0.2) is 18.3 Å². The van der Waals surface area contributed by atoms with E-state index in [1.165, 1.54) is 12.8 Å². The SMILES string of the molecule is CCCCn1nnnc1CNC[C@@H]1CCCN1c1cccnn1. The Labute approximate surface area is 136 Å². The van der Waals surface area contributed by atoms with Gasteiger partial charge in [0.2, 0.25) is 0 Å². The lowest BCUT2D eigenvalue weighted by molar-refractivity contribution is 0.504. The Morgan fingerprint density at radius 3 is 3.13 bits per heavy atom. The van der Waals surface area contributed by atoms with Gasteiger partial charge in [-0.1, -0.05) is 13.3 Å². The highest BCUT2D eigenvalue weighted by Gasteiger charge is 2.25. The van der Waals surface area contributed by atoms with Gasteiger partial charge in [-0.25, -0.2) is 4.68 Å². The summed E-state index contributed by atoms with van der Waals surface area (Å²) >= 11 is 0. The average molecular weight is 316 g/mol. The van der Waals surface area contributed by atoms with E-state index in [1.54, 1.807) is 6.20 Å². The van der Waals surface area contributed by atoms with Gasteiger partial charge in [-0.2, -0.15) is 5.10 Å². The van der Waals surface area contributed by atoms with Crippen LogP contribution in [0.2, 0.25) is 0 Å². The summed E-state index contributed by atoms with van der Waals surface area (Å²) in [5.41, 5.74) is 0. The number of hydrogen-bond acceptors (Lipinski definition) is 7. The number of unbranched alkanes of at least 4 members (excludes halogenated alkanes) is 1. The van der Waals surface area contributed by atoms with Crippen molar-refractivity contribution in [3.8, 4) is 0 Å². The van der Waals surface area contributed by atoms with E-state index >= 15 is 0 Å². The Kier molecular flexibility index (Phi) is 5.46. The Hall–Kier alpha value is -2.09. The summed E-state index contributed by atoms with van der Waals surface area (Å²) in [6.07, 6.45) is 6.31. The Morgan fingerprint density at radius 2 is 2.30 bits per heavy atom. The molecule has 0 amide bonds. The second-order valence-corrected chi connectivity index (χ2v) is 5.87. The molecule has 1 fully saturated rings. The minimum Gasteiger partial charge on any atom is -0.351 e. The highest BCUT2D eigenvalue weighted by atomic mass is 15.5. The van der Waals surface area contributed by atoms with Gasteiger partial charge in [-0.3, -0.25) is 0 Å². The third-order valence-corrected chi connectivity index (χ3v) is 4.22. The molecule has 0 unspecified atom stereocenters. The van der Waals surface area contributed by atoms with Crippen molar-refractivity contribution in [2.75, 3.05) is 18.0 Å². The number of tetrazole rings is 1. The number of aryl methyl sites for hydroxylation is 1. The van der Waals surface area contributed by atoms with Gasteiger partial charge in [-0.05, 0) is 41.8 Å². The first kappa shape index (κ1) is 15.8. The zero-order valence-electron chi connectivity index (χ0n) is 13.6. The molecule has 3 rings (SSSR count). The van der Waals surface area contributed by atoms with Crippen LogP contribution in [0.4, 0.5) is 5.82 Å². The first-order valence-electron chi connectivity index (χ1n) is 8.38. The van der Waals surface area contributed by atoms with Crippen molar-refractivity contribution in [2.45, 2.75) is 51.7 Å². The lowest BCUT2D eigenvalue weighted by atomic mass is 10.2. The lowest BCUT2D eigenvalue weighted by Gasteiger charge is -2.25. The van der Waals surface area contributed by atoms with Crippen LogP contribution in [-0.4, -0.2) is 49.5 Å². The summed E-state index contributed by atoms with van der Waals surface area (Å²) in [5.74, 6) is 1.87. The summed E-state index contributed by atoms with van der Waals surface area (Å²) in [6.45, 7) is 5.69. The lowest BCUT2D eigenvalue weighted by Crippen LogP contribution is -2.38. The van der Waals surface area contributed by atoms with Crippen LogP contribution < -0.4 is 10.2 Å². The third kappa shape index (κ3) is 4.01. The van der Waals surface area contributed by atoms with Crippen LogP contribution in [0.5, 0.6) is 0 Å². The van der Waals surface area contributed by atoms with Crippen LogP contribution in [0.25, 0.3) is 0 Å². The van der Waals surface area contributed by atoms with E-state index in [-0.39, 0.29) is 0 Å². The minimum absolute atomic E-state index is 0.451. The number of nitrogens with one attached hydrogen (secondary N) is 1. The van der Waals surface area contributed by atoms with Crippen LogP contribution in [-0.2, 0) is 13.1 Å². The summed E-state index contributed by atoms with van der Waals surface area (Å²) < 4.78 is 1.89. The molecule has 124 valence electrons. The van der Waals surface area contributed by atoms with Gasteiger partial charge >= 0.3 is 0 Å². The van der Waals surface area contributed by atoms with Crippen molar-refractivity contribution in [3.63, 3.8) is 0 Å². The highest BCUT2D eigenvalue weighted by molar-refractivity contribution is 5.39. The van der Waals surface area contributed by atoms with Gasteiger partial charge in [-0.15, -0.1) is 10.2 Å². The number of aromatic nitrogens is 6.